The molecule has 1 aromatic carbocycles. The van der Waals surface area contributed by atoms with Gasteiger partial charge >= 0.3 is 0 Å². The Hall–Kier alpha value is -2.04. The van der Waals surface area contributed by atoms with E-state index in [-0.39, 0.29) is 12.2 Å². The monoisotopic (exact) mass is 235 g/mol. The number of carbonyl (C=O) groups excluding carboxylic acids is 2. The van der Waals surface area contributed by atoms with E-state index in [4.69, 9.17) is 0 Å². The van der Waals surface area contributed by atoms with Gasteiger partial charge in [0.15, 0.2) is 16.7 Å². The van der Waals surface area contributed by atoms with Crippen LogP contribution >= 0.6 is 0 Å². The van der Waals surface area contributed by atoms with Gasteiger partial charge in [-0.05, 0) is 19.4 Å². The van der Waals surface area contributed by atoms with Crippen molar-refractivity contribution in [3.05, 3.63) is 40.3 Å². The molecule has 0 aliphatic carbocycles. The van der Waals surface area contributed by atoms with Crippen molar-refractivity contribution in [2.24, 2.45) is 5.34 Å². The number of hydrogen-bond acceptors (Lipinski definition) is 5. The van der Waals surface area contributed by atoms with Crippen molar-refractivity contribution in [1.29, 1.82) is 0 Å². The zero-order valence-electron chi connectivity index (χ0n) is 9.67. The van der Waals surface area contributed by atoms with Gasteiger partial charge in [-0.15, -0.1) is 4.91 Å². The topological polar surface area (TPSA) is 72.8 Å². The van der Waals surface area contributed by atoms with Gasteiger partial charge in [0.25, 0.3) is 0 Å². The molecule has 0 saturated heterocycles. The molecule has 0 bridgehead atoms. The number of ketones is 1. The zero-order valence-corrected chi connectivity index (χ0v) is 9.67. The van der Waals surface area contributed by atoms with Crippen molar-refractivity contribution in [2.45, 2.75) is 25.9 Å². The van der Waals surface area contributed by atoms with Gasteiger partial charge in [0.2, 0.25) is 0 Å². The largest absolute Gasteiger partial charge is 0.350 e. The summed E-state index contributed by atoms with van der Waals surface area (Å²) in [5.74, 6) is -0.254. The van der Waals surface area contributed by atoms with Crippen LogP contribution in [0.3, 0.4) is 0 Å². The summed E-state index contributed by atoms with van der Waals surface area (Å²) in [5, 5.41) is 2.28. The summed E-state index contributed by atoms with van der Waals surface area (Å²) in [5.41, 5.74) is 0.0693. The van der Waals surface area contributed by atoms with Crippen LogP contribution in [0.15, 0.2) is 29.6 Å². The normalized spacial score (nSPS) is 10.7. The summed E-state index contributed by atoms with van der Waals surface area (Å²) in [6.45, 7) is 2.97. The van der Waals surface area contributed by atoms with Crippen molar-refractivity contribution < 1.29 is 14.4 Å². The number of nitrogens with zero attached hydrogens (tertiary/aromatic N) is 1. The van der Waals surface area contributed by atoms with Gasteiger partial charge in [-0.3, -0.25) is 9.59 Å². The van der Waals surface area contributed by atoms with Crippen molar-refractivity contribution in [1.82, 2.24) is 0 Å². The van der Waals surface area contributed by atoms with E-state index in [0.717, 1.165) is 11.8 Å². The average Bonchev–Trinajstić information content (AvgIpc) is 2.30. The molecular formula is C12H13NO4. The van der Waals surface area contributed by atoms with E-state index in [2.05, 4.69) is 10.2 Å². The van der Waals surface area contributed by atoms with Gasteiger partial charge in [-0.25, -0.2) is 0 Å². The highest BCUT2D eigenvalue weighted by Gasteiger charge is 2.30. The lowest BCUT2D eigenvalue weighted by Crippen LogP contribution is -2.34. The summed E-state index contributed by atoms with van der Waals surface area (Å²) in [4.78, 5) is 36.7. The second-order valence-electron chi connectivity index (χ2n) is 4.14. The van der Waals surface area contributed by atoms with Gasteiger partial charge < -0.3 is 4.84 Å². The quantitative estimate of drug-likeness (QED) is 0.430. The molecule has 0 unspecified atom stereocenters. The summed E-state index contributed by atoms with van der Waals surface area (Å²) in [7, 11) is 0. The molecule has 17 heavy (non-hydrogen) atoms. The number of carbonyl (C=O) groups is 2. The third kappa shape index (κ3) is 3.48. The predicted molar refractivity (Wildman–Crippen MR) is 61.5 cm³/mol. The van der Waals surface area contributed by atoms with E-state index >= 15 is 0 Å². The molecule has 1 aromatic rings. The highest BCUT2D eigenvalue weighted by molar-refractivity contribution is 5.88. The lowest BCUT2D eigenvalue weighted by molar-refractivity contribution is -0.139. The van der Waals surface area contributed by atoms with Gasteiger partial charge in [0, 0.05) is 12.0 Å². The third-order valence-corrected chi connectivity index (χ3v) is 2.42. The molecule has 1 rings (SSSR count). The molecule has 0 fully saturated rings. The Morgan fingerprint density at radius 1 is 1.35 bits per heavy atom. The summed E-state index contributed by atoms with van der Waals surface area (Å²) in [6, 6.07) is 6.63. The van der Waals surface area contributed by atoms with Gasteiger partial charge in [0.05, 0.1) is 0 Å². The van der Waals surface area contributed by atoms with E-state index in [1.165, 1.54) is 13.8 Å². The SMILES string of the molecule is CC(C)(ON=O)C(=O)Cc1ccc(C=O)cc1. The lowest BCUT2D eigenvalue weighted by atomic mass is 9.96. The Kier molecular flexibility index (Phi) is 4.09. The van der Waals surface area contributed by atoms with Gasteiger partial charge in [-0.2, -0.15) is 0 Å². The van der Waals surface area contributed by atoms with Crippen molar-refractivity contribution in [3.8, 4) is 0 Å². The molecule has 0 aliphatic rings. The van der Waals surface area contributed by atoms with Crippen LogP contribution in [-0.4, -0.2) is 17.7 Å². The summed E-state index contributed by atoms with van der Waals surface area (Å²) < 4.78 is 0. The highest BCUT2D eigenvalue weighted by atomic mass is 16.7. The number of Topliss-reactive ketones (excluding diaryl/α,β-unsaturated/α-hetero) is 1. The molecule has 0 radical (unpaired) electrons. The molecule has 0 N–H and O–H groups in total. The summed E-state index contributed by atoms with van der Waals surface area (Å²) >= 11 is 0. The van der Waals surface area contributed by atoms with Crippen molar-refractivity contribution in [2.75, 3.05) is 0 Å². The molecule has 0 saturated carbocycles. The Bertz CT molecular complexity index is 423. The van der Waals surface area contributed by atoms with Crippen LogP contribution in [0.5, 0.6) is 0 Å². The van der Waals surface area contributed by atoms with Crippen LogP contribution in [0.1, 0.15) is 29.8 Å². The average molecular weight is 235 g/mol. The van der Waals surface area contributed by atoms with Crippen LogP contribution in [0, 0.1) is 4.91 Å². The minimum Gasteiger partial charge on any atom is -0.350 e. The van der Waals surface area contributed by atoms with E-state index < -0.39 is 5.60 Å². The Balaban J connectivity index is 2.73. The standard InChI is InChI=1S/C12H13NO4/c1-12(2,17-13-16)11(15)7-9-3-5-10(8-14)6-4-9/h3-6,8H,7H2,1-2H3. The molecule has 0 atom stereocenters. The molecule has 0 aromatic heterocycles. The fraction of sp³-hybridized carbons (Fsp3) is 0.333. The highest BCUT2D eigenvalue weighted by Crippen LogP contribution is 2.15. The van der Waals surface area contributed by atoms with E-state index in [1.807, 2.05) is 0 Å². The van der Waals surface area contributed by atoms with Crippen molar-refractivity contribution >= 4 is 12.1 Å². The van der Waals surface area contributed by atoms with Crippen LogP contribution in [0.2, 0.25) is 0 Å². The molecule has 5 nitrogen and oxygen atoms in total. The van der Waals surface area contributed by atoms with Gasteiger partial charge in [0.1, 0.15) is 6.29 Å². The predicted octanol–water partition coefficient (Wildman–Crippen LogP) is 2.09. The second-order valence-corrected chi connectivity index (χ2v) is 4.14. The number of hydrogen-bond donors (Lipinski definition) is 0. The first kappa shape index (κ1) is 13.0. The molecule has 0 amide bonds. The second kappa shape index (κ2) is 5.34. The molecular weight excluding hydrogens is 222 g/mol. The van der Waals surface area contributed by atoms with Crippen LogP contribution in [0.25, 0.3) is 0 Å². The minimum absolute atomic E-state index is 0.127. The molecule has 90 valence electrons. The van der Waals surface area contributed by atoms with Crippen LogP contribution < -0.4 is 0 Å². The summed E-state index contributed by atoms with van der Waals surface area (Å²) in [6.07, 6.45) is 0.858. The maximum atomic E-state index is 11.8. The first-order valence-electron chi connectivity index (χ1n) is 5.08. The fourth-order valence-corrected chi connectivity index (χ4v) is 1.26. The molecule has 0 heterocycles. The minimum atomic E-state index is -1.23. The molecule has 0 aliphatic heterocycles. The Morgan fingerprint density at radius 3 is 2.41 bits per heavy atom. The number of rotatable bonds is 6. The number of aldehydes is 1. The molecule has 5 heteroatoms. The maximum Gasteiger partial charge on any atom is 0.193 e. The number of benzene rings is 1. The third-order valence-electron chi connectivity index (χ3n) is 2.42. The van der Waals surface area contributed by atoms with E-state index in [9.17, 15) is 14.5 Å². The first-order chi connectivity index (χ1) is 7.99. The maximum absolute atomic E-state index is 11.8. The van der Waals surface area contributed by atoms with Crippen LogP contribution in [0.4, 0.5) is 0 Å². The first-order valence-corrected chi connectivity index (χ1v) is 5.08. The molecule has 0 spiro atoms. The zero-order chi connectivity index (χ0) is 12.9. The van der Waals surface area contributed by atoms with Crippen LogP contribution in [-0.2, 0) is 16.1 Å². The van der Waals surface area contributed by atoms with Gasteiger partial charge in [-0.1, -0.05) is 24.3 Å². The smallest absolute Gasteiger partial charge is 0.193 e. The van der Waals surface area contributed by atoms with E-state index in [0.29, 0.717) is 5.56 Å². The van der Waals surface area contributed by atoms with Crippen molar-refractivity contribution in [3.63, 3.8) is 0 Å². The Labute approximate surface area is 98.7 Å². The van der Waals surface area contributed by atoms with E-state index in [1.54, 1.807) is 24.3 Å². The fourth-order valence-electron chi connectivity index (χ4n) is 1.26. The lowest BCUT2D eigenvalue weighted by Gasteiger charge is -2.18. The Morgan fingerprint density at radius 2 is 1.94 bits per heavy atom.